The molecule has 0 aliphatic heterocycles. The molecule has 0 bridgehead atoms. The van der Waals surface area contributed by atoms with Gasteiger partial charge in [-0.2, -0.15) is 5.10 Å². The first kappa shape index (κ1) is 20.4. The van der Waals surface area contributed by atoms with Crippen LogP contribution in [0, 0.1) is 6.92 Å². The molecule has 6 N–H and O–H groups in total. The van der Waals surface area contributed by atoms with E-state index in [4.69, 9.17) is 27.9 Å². The van der Waals surface area contributed by atoms with E-state index in [0.29, 0.717) is 39.6 Å². The summed E-state index contributed by atoms with van der Waals surface area (Å²) in [5.41, 5.74) is 11.7. The van der Waals surface area contributed by atoms with Crippen LogP contribution in [0.25, 0.3) is 11.0 Å². The fourth-order valence-electron chi connectivity index (χ4n) is 2.79. The van der Waals surface area contributed by atoms with E-state index in [9.17, 15) is 4.79 Å². The van der Waals surface area contributed by atoms with Gasteiger partial charge in [0.2, 0.25) is 0 Å². The van der Waals surface area contributed by atoms with Gasteiger partial charge < -0.3 is 21.2 Å². The number of aryl methyl sites for hydroxylation is 1. The fourth-order valence-corrected chi connectivity index (χ4v) is 3.14. The highest BCUT2D eigenvalue weighted by molar-refractivity contribution is 6.39. The molecule has 0 atom stereocenters. The number of methoxy groups -OCH3 is 1. The highest BCUT2D eigenvalue weighted by Gasteiger charge is 2.20. The molecule has 0 spiro atoms. The van der Waals surface area contributed by atoms with Gasteiger partial charge in [-0.3, -0.25) is 10.6 Å². The maximum absolute atomic E-state index is 12.7. The molecule has 29 heavy (non-hydrogen) atoms. The van der Waals surface area contributed by atoms with Gasteiger partial charge in [0.15, 0.2) is 5.65 Å². The summed E-state index contributed by atoms with van der Waals surface area (Å²) in [6, 6.07) is 6.98. The minimum atomic E-state index is -0.371. The molecule has 9 nitrogen and oxygen atoms in total. The second-order valence-electron chi connectivity index (χ2n) is 6.40. The van der Waals surface area contributed by atoms with Crippen LogP contribution in [0.4, 0.5) is 5.69 Å². The van der Waals surface area contributed by atoms with Crippen molar-refractivity contribution in [2.45, 2.75) is 20.4 Å². The van der Waals surface area contributed by atoms with Gasteiger partial charge in [-0.1, -0.05) is 11.6 Å². The van der Waals surface area contributed by atoms with Crippen molar-refractivity contribution < 1.29 is 9.53 Å². The van der Waals surface area contributed by atoms with Crippen molar-refractivity contribution in [1.82, 2.24) is 20.2 Å². The predicted molar refractivity (Wildman–Crippen MR) is 112 cm³/mol. The Morgan fingerprint density at radius 3 is 2.62 bits per heavy atom. The molecule has 10 heteroatoms. The van der Waals surface area contributed by atoms with Crippen LogP contribution in [0.15, 0.2) is 41.9 Å². The Balaban J connectivity index is 1.93. The number of ether oxygens (including phenoxy) is 1. The van der Waals surface area contributed by atoms with Crippen molar-refractivity contribution in [1.29, 1.82) is 0 Å². The summed E-state index contributed by atoms with van der Waals surface area (Å²) in [5, 5.41) is 8.13. The summed E-state index contributed by atoms with van der Waals surface area (Å²) in [6.07, 6.45) is 1.43. The third kappa shape index (κ3) is 4.10. The molecule has 0 aliphatic rings. The lowest BCUT2D eigenvalue weighted by Gasteiger charge is -2.09. The standard InChI is InChI=1S/C19H22ClN7O2/c1-10(25-22)15(21)9-27-18-16(11(2)26-27)17(20)14(8-23-18)19(28)24-12-4-6-13(29-3)7-5-12/h4-8,25H,9,21-22H2,1-3H3,(H,24,28)/b15-10-. The summed E-state index contributed by atoms with van der Waals surface area (Å²) in [5.74, 6) is 5.72. The van der Waals surface area contributed by atoms with Crippen LogP contribution in [-0.4, -0.2) is 27.8 Å². The van der Waals surface area contributed by atoms with Gasteiger partial charge in [0.25, 0.3) is 5.91 Å². The van der Waals surface area contributed by atoms with Crippen molar-refractivity contribution in [3.63, 3.8) is 0 Å². The number of hydrazine groups is 1. The average molecular weight is 416 g/mol. The molecule has 3 aromatic rings. The zero-order valence-electron chi connectivity index (χ0n) is 16.3. The number of rotatable bonds is 6. The number of hydrogen-bond acceptors (Lipinski definition) is 7. The lowest BCUT2D eigenvalue weighted by molar-refractivity contribution is 0.102. The first-order chi connectivity index (χ1) is 13.8. The molecule has 1 amide bonds. The van der Waals surface area contributed by atoms with Crippen molar-refractivity contribution in [3.8, 4) is 5.75 Å². The van der Waals surface area contributed by atoms with Crippen LogP contribution in [0.3, 0.4) is 0 Å². The zero-order valence-corrected chi connectivity index (χ0v) is 17.0. The number of pyridine rings is 1. The van der Waals surface area contributed by atoms with Crippen LogP contribution >= 0.6 is 11.6 Å². The average Bonchev–Trinajstić information content (AvgIpc) is 3.04. The molecule has 0 saturated heterocycles. The molecule has 2 aromatic heterocycles. The predicted octanol–water partition coefficient (Wildman–Crippen LogP) is 2.31. The lowest BCUT2D eigenvalue weighted by atomic mass is 10.2. The van der Waals surface area contributed by atoms with Gasteiger partial charge in [0, 0.05) is 17.6 Å². The van der Waals surface area contributed by atoms with Gasteiger partial charge >= 0.3 is 0 Å². The van der Waals surface area contributed by atoms with Crippen molar-refractivity contribution in [2.24, 2.45) is 11.6 Å². The van der Waals surface area contributed by atoms with Gasteiger partial charge in [-0.15, -0.1) is 0 Å². The Morgan fingerprint density at radius 2 is 2.00 bits per heavy atom. The number of nitrogens with zero attached hydrogens (tertiary/aromatic N) is 3. The minimum absolute atomic E-state index is 0.251. The first-order valence-electron chi connectivity index (χ1n) is 8.74. The van der Waals surface area contributed by atoms with E-state index in [1.54, 1.807) is 49.9 Å². The van der Waals surface area contributed by atoms with Gasteiger partial charge in [-0.25, -0.2) is 9.67 Å². The van der Waals surface area contributed by atoms with Crippen LogP contribution in [0.2, 0.25) is 5.02 Å². The van der Waals surface area contributed by atoms with E-state index >= 15 is 0 Å². The number of carbonyl (C=O) groups excluding carboxylic acids is 1. The summed E-state index contributed by atoms with van der Waals surface area (Å²) >= 11 is 6.55. The maximum Gasteiger partial charge on any atom is 0.258 e. The number of halogens is 1. The summed E-state index contributed by atoms with van der Waals surface area (Å²) in [7, 11) is 1.58. The number of allylic oxidation sites excluding steroid dienone is 2. The van der Waals surface area contributed by atoms with Crippen molar-refractivity contribution >= 4 is 34.2 Å². The second-order valence-corrected chi connectivity index (χ2v) is 6.78. The van der Waals surface area contributed by atoms with Gasteiger partial charge in [-0.05, 0) is 38.1 Å². The van der Waals surface area contributed by atoms with Crippen LogP contribution < -0.4 is 27.1 Å². The van der Waals surface area contributed by atoms with E-state index in [1.165, 1.54) is 6.20 Å². The Hall–Kier alpha value is -3.30. The Kier molecular flexibility index (Phi) is 5.90. The summed E-state index contributed by atoms with van der Waals surface area (Å²) in [4.78, 5) is 17.1. The Morgan fingerprint density at radius 1 is 1.31 bits per heavy atom. The summed E-state index contributed by atoms with van der Waals surface area (Å²) < 4.78 is 6.74. The SMILES string of the molecule is COc1ccc(NC(=O)c2cnc3c(c(C)nn3C/C(N)=C(\C)NN)c2Cl)cc1. The number of amides is 1. The molecule has 3 rings (SSSR count). The number of nitrogens with one attached hydrogen (secondary N) is 2. The number of aromatic nitrogens is 3. The molecule has 0 unspecified atom stereocenters. The monoisotopic (exact) mass is 415 g/mol. The molecule has 0 radical (unpaired) electrons. The van der Waals surface area contributed by atoms with Crippen LogP contribution in [-0.2, 0) is 6.54 Å². The fraction of sp³-hybridized carbons (Fsp3) is 0.211. The topological polar surface area (TPSA) is 133 Å². The number of anilines is 1. The normalized spacial score (nSPS) is 11.9. The first-order valence-corrected chi connectivity index (χ1v) is 9.12. The number of nitrogens with two attached hydrogens (primary N) is 2. The smallest absolute Gasteiger partial charge is 0.258 e. The second kappa shape index (κ2) is 8.38. The van der Waals surface area contributed by atoms with Gasteiger partial charge in [0.05, 0.1) is 41.0 Å². The number of carbonyl (C=O) groups is 1. The van der Waals surface area contributed by atoms with E-state index in [2.05, 4.69) is 20.8 Å². The molecule has 1 aromatic carbocycles. The molecular formula is C19H22ClN7O2. The molecule has 2 heterocycles. The third-order valence-electron chi connectivity index (χ3n) is 4.48. The highest BCUT2D eigenvalue weighted by atomic mass is 35.5. The quantitative estimate of drug-likeness (QED) is 0.358. The Labute approximate surface area is 172 Å². The van der Waals surface area contributed by atoms with E-state index < -0.39 is 0 Å². The maximum atomic E-state index is 12.7. The molecule has 0 saturated carbocycles. The van der Waals surface area contributed by atoms with E-state index in [0.717, 1.165) is 0 Å². The molecule has 0 aliphatic carbocycles. The summed E-state index contributed by atoms with van der Waals surface area (Å²) in [6.45, 7) is 3.84. The van der Waals surface area contributed by atoms with Crippen molar-refractivity contribution in [3.05, 3.63) is 58.1 Å². The van der Waals surface area contributed by atoms with E-state index in [1.807, 2.05) is 0 Å². The molecule has 0 fully saturated rings. The van der Waals surface area contributed by atoms with Gasteiger partial charge in [0.1, 0.15) is 5.75 Å². The Bertz CT molecular complexity index is 1090. The lowest BCUT2D eigenvalue weighted by Crippen LogP contribution is -2.25. The van der Waals surface area contributed by atoms with E-state index in [-0.39, 0.29) is 23.0 Å². The van der Waals surface area contributed by atoms with Crippen molar-refractivity contribution in [2.75, 3.05) is 12.4 Å². The zero-order chi connectivity index (χ0) is 21.1. The van der Waals surface area contributed by atoms with Crippen LogP contribution in [0.5, 0.6) is 5.75 Å². The number of hydrogen-bond donors (Lipinski definition) is 4. The largest absolute Gasteiger partial charge is 0.497 e. The minimum Gasteiger partial charge on any atom is -0.497 e. The molecular weight excluding hydrogens is 394 g/mol. The highest BCUT2D eigenvalue weighted by Crippen LogP contribution is 2.29. The van der Waals surface area contributed by atoms with Crippen LogP contribution in [0.1, 0.15) is 23.0 Å². The third-order valence-corrected chi connectivity index (χ3v) is 4.88. The molecule has 152 valence electrons. The number of benzene rings is 1. The number of fused-ring (bicyclic) bond motifs is 1.